The van der Waals surface area contributed by atoms with Gasteiger partial charge in [-0.05, 0) is 47.4 Å². The summed E-state index contributed by atoms with van der Waals surface area (Å²) in [5.74, 6) is 0. The molecule has 0 heterocycles. The Hall–Kier alpha value is 0.0900. The van der Waals surface area contributed by atoms with Gasteiger partial charge < -0.3 is 5.11 Å². The average molecular weight is 319 g/mol. The quantitative estimate of drug-likeness (QED) is 0.798. The van der Waals surface area contributed by atoms with Crippen molar-refractivity contribution in [1.29, 1.82) is 0 Å². The fraction of sp³-hybridized carbons (Fsp3) is 0.571. The Morgan fingerprint density at radius 1 is 1.00 bits per heavy atom. The van der Waals surface area contributed by atoms with Crippen LogP contribution in [0, 0.1) is 0 Å². The molecule has 0 bridgehead atoms. The number of aliphatic hydroxyl groups is 1. The van der Waals surface area contributed by atoms with Crippen LogP contribution in [-0.2, 0) is 19.3 Å². The highest BCUT2D eigenvalue weighted by Gasteiger charge is 2.09. The molecule has 17 heavy (non-hydrogen) atoms. The first-order valence-corrected chi connectivity index (χ1v) is 7.47. The van der Waals surface area contributed by atoms with Crippen LogP contribution in [0.2, 0.25) is 0 Å². The van der Waals surface area contributed by atoms with Gasteiger partial charge in [-0.25, -0.2) is 0 Å². The summed E-state index contributed by atoms with van der Waals surface area (Å²) in [6.07, 6.45) is 4.27. The van der Waals surface area contributed by atoms with Crippen LogP contribution in [0.4, 0.5) is 0 Å². The van der Waals surface area contributed by atoms with Gasteiger partial charge in [0.25, 0.3) is 0 Å². The SMILES string of the molecule is Br.CCc1ccc(PCCO)c(CC)c1CC. The van der Waals surface area contributed by atoms with Crippen molar-refractivity contribution in [2.24, 2.45) is 0 Å². The second-order valence-corrected chi connectivity index (χ2v) is 5.33. The molecule has 1 unspecified atom stereocenters. The van der Waals surface area contributed by atoms with Gasteiger partial charge in [-0.15, -0.1) is 17.0 Å². The molecule has 1 aromatic carbocycles. The summed E-state index contributed by atoms with van der Waals surface area (Å²) in [6, 6.07) is 4.54. The monoisotopic (exact) mass is 318 g/mol. The first-order valence-electron chi connectivity index (χ1n) is 6.26. The molecule has 3 heteroatoms. The van der Waals surface area contributed by atoms with Crippen molar-refractivity contribution in [2.45, 2.75) is 40.0 Å². The highest BCUT2D eigenvalue weighted by Crippen LogP contribution is 2.21. The van der Waals surface area contributed by atoms with Gasteiger partial charge in [0.05, 0.1) is 0 Å². The van der Waals surface area contributed by atoms with E-state index < -0.39 is 0 Å². The number of hydrogen-bond donors (Lipinski definition) is 1. The largest absolute Gasteiger partial charge is 0.396 e. The molecule has 0 fully saturated rings. The first-order chi connectivity index (χ1) is 7.78. The van der Waals surface area contributed by atoms with E-state index in [9.17, 15) is 0 Å². The van der Waals surface area contributed by atoms with Crippen molar-refractivity contribution >= 4 is 30.9 Å². The standard InChI is InChI=1S/C14H23OP.BrH/c1-4-11-7-8-14(16-10-9-15)13(6-3)12(11)5-2;/h7-8,15-16H,4-6,9-10H2,1-3H3;1H. The fourth-order valence-electron chi connectivity index (χ4n) is 2.27. The molecule has 0 spiro atoms. The lowest BCUT2D eigenvalue weighted by Crippen LogP contribution is -2.11. The smallest absolute Gasteiger partial charge is 0.0470 e. The predicted molar refractivity (Wildman–Crippen MR) is 84.8 cm³/mol. The number of hydrogen-bond acceptors (Lipinski definition) is 1. The number of benzene rings is 1. The Bertz CT molecular complexity index is 339. The summed E-state index contributed by atoms with van der Waals surface area (Å²) < 4.78 is 0. The Morgan fingerprint density at radius 2 is 1.65 bits per heavy atom. The van der Waals surface area contributed by atoms with Crippen molar-refractivity contribution < 1.29 is 5.11 Å². The molecule has 0 aliphatic heterocycles. The van der Waals surface area contributed by atoms with Gasteiger partial charge in [0.2, 0.25) is 0 Å². The van der Waals surface area contributed by atoms with Gasteiger partial charge in [0.1, 0.15) is 0 Å². The van der Waals surface area contributed by atoms with Crippen LogP contribution in [0.15, 0.2) is 12.1 Å². The Kier molecular flexibility index (Phi) is 9.13. The minimum Gasteiger partial charge on any atom is -0.396 e. The highest BCUT2D eigenvalue weighted by molar-refractivity contribution is 8.93. The Morgan fingerprint density at radius 3 is 2.12 bits per heavy atom. The molecule has 0 saturated carbocycles. The molecule has 1 aromatic rings. The number of aryl methyl sites for hydroxylation is 1. The van der Waals surface area contributed by atoms with E-state index in [-0.39, 0.29) is 17.0 Å². The maximum absolute atomic E-state index is 8.93. The maximum atomic E-state index is 8.93. The van der Waals surface area contributed by atoms with Gasteiger partial charge in [0, 0.05) is 6.61 Å². The molecule has 0 aliphatic carbocycles. The van der Waals surface area contributed by atoms with E-state index in [2.05, 4.69) is 32.9 Å². The maximum Gasteiger partial charge on any atom is 0.0470 e. The third-order valence-electron chi connectivity index (χ3n) is 3.04. The number of halogens is 1. The Balaban J connectivity index is 0.00000256. The zero-order chi connectivity index (χ0) is 12.0. The molecule has 1 rings (SSSR count). The second-order valence-electron chi connectivity index (χ2n) is 3.94. The van der Waals surface area contributed by atoms with E-state index in [1.165, 1.54) is 16.4 Å². The highest BCUT2D eigenvalue weighted by atomic mass is 79.9. The summed E-state index contributed by atoms with van der Waals surface area (Å²) in [6.45, 7) is 7.01. The zero-order valence-corrected chi connectivity index (χ0v) is 13.8. The number of aliphatic hydroxyl groups excluding tert-OH is 1. The van der Waals surface area contributed by atoms with E-state index in [1.807, 2.05) is 0 Å². The van der Waals surface area contributed by atoms with E-state index in [0.717, 1.165) is 34.0 Å². The second kappa shape index (κ2) is 9.08. The molecule has 0 aromatic heterocycles. The summed E-state index contributed by atoms with van der Waals surface area (Å²) >= 11 is 0. The van der Waals surface area contributed by atoms with Gasteiger partial charge in [-0.1, -0.05) is 41.5 Å². The molecule has 1 nitrogen and oxygen atoms in total. The lowest BCUT2D eigenvalue weighted by atomic mass is 9.96. The topological polar surface area (TPSA) is 20.2 Å². The predicted octanol–water partition coefficient (Wildman–Crippen LogP) is 3.25. The lowest BCUT2D eigenvalue weighted by molar-refractivity contribution is 0.322. The van der Waals surface area contributed by atoms with Crippen molar-refractivity contribution in [3.05, 3.63) is 28.8 Å². The molecule has 0 amide bonds. The third kappa shape index (κ3) is 4.35. The van der Waals surface area contributed by atoms with Crippen LogP contribution in [0.25, 0.3) is 0 Å². The molecular formula is C14H24BrOP. The van der Waals surface area contributed by atoms with Gasteiger partial charge in [-0.3, -0.25) is 0 Å². The number of rotatable bonds is 6. The van der Waals surface area contributed by atoms with Crippen LogP contribution >= 0.6 is 25.6 Å². The molecule has 1 N–H and O–H groups in total. The van der Waals surface area contributed by atoms with Crippen LogP contribution in [0.5, 0.6) is 0 Å². The summed E-state index contributed by atoms with van der Waals surface area (Å²) in [5, 5.41) is 10.4. The van der Waals surface area contributed by atoms with Gasteiger partial charge in [-0.2, -0.15) is 0 Å². The first kappa shape index (κ1) is 17.1. The van der Waals surface area contributed by atoms with Crippen molar-refractivity contribution in [3.8, 4) is 0 Å². The molecule has 1 atom stereocenters. The molecule has 0 saturated heterocycles. The minimum absolute atomic E-state index is 0. The molecule has 98 valence electrons. The summed E-state index contributed by atoms with van der Waals surface area (Å²) in [5.41, 5.74) is 4.58. The molecule has 0 aliphatic rings. The van der Waals surface area contributed by atoms with E-state index >= 15 is 0 Å². The van der Waals surface area contributed by atoms with E-state index in [1.54, 1.807) is 5.56 Å². The lowest BCUT2D eigenvalue weighted by Gasteiger charge is -2.16. The van der Waals surface area contributed by atoms with Crippen molar-refractivity contribution in [2.75, 3.05) is 12.8 Å². The zero-order valence-electron chi connectivity index (χ0n) is 11.0. The van der Waals surface area contributed by atoms with Crippen molar-refractivity contribution in [1.82, 2.24) is 0 Å². The van der Waals surface area contributed by atoms with Gasteiger partial charge in [0.15, 0.2) is 0 Å². The van der Waals surface area contributed by atoms with Crippen LogP contribution in [-0.4, -0.2) is 17.9 Å². The summed E-state index contributed by atoms with van der Waals surface area (Å²) in [7, 11) is 0.757. The summed E-state index contributed by atoms with van der Waals surface area (Å²) in [4.78, 5) is 0. The van der Waals surface area contributed by atoms with Crippen LogP contribution < -0.4 is 5.30 Å². The van der Waals surface area contributed by atoms with Crippen molar-refractivity contribution in [3.63, 3.8) is 0 Å². The Labute approximate surface area is 118 Å². The normalized spacial score (nSPS) is 10.8. The third-order valence-corrected chi connectivity index (χ3v) is 4.37. The van der Waals surface area contributed by atoms with E-state index in [0.29, 0.717) is 6.61 Å². The minimum atomic E-state index is 0. The fourth-order valence-corrected chi connectivity index (χ4v) is 3.40. The van der Waals surface area contributed by atoms with Crippen LogP contribution in [0.3, 0.4) is 0 Å². The molecule has 0 radical (unpaired) electrons. The van der Waals surface area contributed by atoms with Gasteiger partial charge >= 0.3 is 0 Å². The van der Waals surface area contributed by atoms with Crippen LogP contribution in [0.1, 0.15) is 37.5 Å². The molecular weight excluding hydrogens is 295 g/mol. The average Bonchev–Trinajstić information content (AvgIpc) is 2.34. The van der Waals surface area contributed by atoms with E-state index in [4.69, 9.17) is 5.11 Å².